The van der Waals surface area contributed by atoms with Crippen molar-refractivity contribution < 1.29 is 0 Å². The standard InChI is InChI=1S/C12H10ClNS.ClH/c13-11-3-5-12(6-4-11)15-9-10-2-1-7-14-8-10;/h1-8H,9H2;1H. The van der Waals surface area contributed by atoms with E-state index in [9.17, 15) is 0 Å². The van der Waals surface area contributed by atoms with Crippen molar-refractivity contribution in [2.45, 2.75) is 10.6 Å². The van der Waals surface area contributed by atoms with Gasteiger partial charge in [-0.05, 0) is 35.9 Å². The summed E-state index contributed by atoms with van der Waals surface area (Å²) >= 11 is 7.59. The SMILES string of the molecule is Cl.Clc1ccc(SCc2cccnc2)cc1. The maximum absolute atomic E-state index is 5.81. The molecule has 0 saturated heterocycles. The zero-order valence-electron chi connectivity index (χ0n) is 8.47. The van der Waals surface area contributed by atoms with Crippen LogP contribution in [-0.2, 0) is 5.75 Å². The summed E-state index contributed by atoms with van der Waals surface area (Å²) < 4.78 is 0. The number of pyridine rings is 1. The van der Waals surface area contributed by atoms with Gasteiger partial charge in [0.25, 0.3) is 0 Å². The number of halogens is 2. The van der Waals surface area contributed by atoms with Gasteiger partial charge in [0.05, 0.1) is 0 Å². The Bertz CT molecular complexity index is 417. The van der Waals surface area contributed by atoms with E-state index in [4.69, 9.17) is 11.6 Å². The van der Waals surface area contributed by atoms with Gasteiger partial charge in [-0.3, -0.25) is 4.98 Å². The van der Waals surface area contributed by atoms with E-state index in [1.807, 2.05) is 36.5 Å². The zero-order chi connectivity index (χ0) is 10.5. The van der Waals surface area contributed by atoms with Crippen molar-refractivity contribution in [3.63, 3.8) is 0 Å². The van der Waals surface area contributed by atoms with Crippen LogP contribution in [-0.4, -0.2) is 4.98 Å². The molecule has 84 valence electrons. The van der Waals surface area contributed by atoms with Crippen LogP contribution in [0, 0.1) is 0 Å². The number of hydrogen-bond acceptors (Lipinski definition) is 2. The molecule has 0 aliphatic carbocycles. The van der Waals surface area contributed by atoms with E-state index in [1.54, 1.807) is 18.0 Å². The topological polar surface area (TPSA) is 12.9 Å². The highest BCUT2D eigenvalue weighted by atomic mass is 35.5. The summed E-state index contributed by atoms with van der Waals surface area (Å²) in [5, 5.41) is 0.778. The Morgan fingerprint density at radius 3 is 2.50 bits per heavy atom. The summed E-state index contributed by atoms with van der Waals surface area (Å²) in [4.78, 5) is 5.30. The van der Waals surface area contributed by atoms with Crippen molar-refractivity contribution in [1.82, 2.24) is 4.98 Å². The fourth-order valence-corrected chi connectivity index (χ4v) is 2.14. The maximum Gasteiger partial charge on any atom is 0.0406 e. The lowest BCUT2D eigenvalue weighted by atomic mass is 10.3. The van der Waals surface area contributed by atoms with Crippen LogP contribution in [0.1, 0.15) is 5.56 Å². The molecule has 1 aromatic carbocycles. The maximum atomic E-state index is 5.81. The molecule has 4 heteroatoms. The van der Waals surface area contributed by atoms with Gasteiger partial charge in [0.1, 0.15) is 0 Å². The van der Waals surface area contributed by atoms with Crippen LogP contribution in [0.25, 0.3) is 0 Å². The van der Waals surface area contributed by atoms with E-state index in [0.29, 0.717) is 0 Å². The molecule has 1 heterocycles. The van der Waals surface area contributed by atoms with Crippen LogP contribution >= 0.6 is 35.8 Å². The summed E-state index contributed by atoms with van der Waals surface area (Å²) in [5.41, 5.74) is 1.23. The number of rotatable bonds is 3. The molecule has 0 bridgehead atoms. The molecule has 16 heavy (non-hydrogen) atoms. The summed E-state index contributed by atoms with van der Waals surface area (Å²) in [7, 11) is 0. The highest BCUT2D eigenvalue weighted by Crippen LogP contribution is 2.23. The van der Waals surface area contributed by atoms with Gasteiger partial charge in [-0.2, -0.15) is 0 Å². The van der Waals surface area contributed by atoms with Crippen LogP contribution in [0.3, 0.4) is 0 Å². The molecule has 0 spiro atoms. The van der Waals surface area contributed by atoms with Gasteiger partial charge in [0.2, 0.25) is 0 Å². The molecular formula is C12H11Cl2NS. The summed E-state index contributed by atoms with van der Waals surface area (Å²) in [6.07, 6.45) is 3.68. The number of aromatic nitrogens is 1. The number of hydrogen-bond donors (Lipinski definition) is 0. The molecule has 0 radical (unpaired) electrons. The van der Waals surface area contributed by atoms with Gasteiger partial charge in [0.15, 0.2) is 0 Å². The van der Waals surface area contributed by atoms with Gasteiger partial charge < -0.3 is 0 Å². The molecule has 0 aliphatic heterocycles. The van der Waals surface area contributed by atoms with Crippen molar-refractivity contribution in [2.75, 3.05) is 0 Å². The predicted molar refractivity (Wildman–Crippen MR) is 72.5 cm³/mol. The third-order valence-corrected chi connectivity index (χ3v) is 3.28. The van der Waals surface area contributed by atoms with Gasteiger partial charge in [-0.15, -0.1) is 24.2 Å². The van der Waals surface area contributed by atoms with E-state index < -0.39 is 0 Å². The average Bonchev–Trinajstić information content (AvgIpc) is 2.30. The second-order valence-corrected chi connectivity index (χ2v) is 4.59. The lowest BCUT2D eigenvalue weighted by Gasteiger charge is -2.01. The van der Waals surface area contributed by atoms with E-state index in [2.05, 4.69) is 11.1 Å². The molecule has 2 rings (SSSR count). The van der Waals surface area contributed by atoms with Crippen LogP contribution < -0.4 is 0 Å². The monoisotopic (exact) mass is 271 g/mol. The average molecular weight is 272 g/mol. The van der Waals surface area contributed by atoms with Gasteiger partial charge in [-0.1, -0.05) is 17.7 Å². The Kier molecular flexibility index (Phi) is 5.67. The molecule has 1 nitrogen and oxygen atoms in total. The van der Waals surface area contributed by atoms with Crippen LogP contribution in [0.4, 0.5) is 0 Å². The van der Waals surface area contributed by atoms with Crippen molar-refractivity contribution >= 4 is 35.8 Å². The van der Waals surface area contributed by atoms with Crippen molar-refractivity contribution in [3.05, 3.63) is 59.4 Å². The van der Waals surface area contributed by atoms with E-state index in [0.717, 1.165) is 10.8 Å². The van der Waals surface area contributed by atoms with Crippen molar-refractivity contribution in [1.29, 1.82) is 0 Å². The molecule has 0 unspecified atom stereocenters. The van der Waals surface area contributed by atoms with Crippen molar-refractivity contribution in [2.24, 2.45) is 0 Å². The molecular weight excluding hydrogens is 261 g/mol. The zero-order valence-corrected chi connectivity index (χ0v) is 10.9. The summed E-state index contributed by atoms with van der Waals surface area (Å²) in [6, 6.07) is 11.9. The summed E-state index contributed by atoms with van der Waals surface area (Å²) in [6.45, 7) is 0. The molecule has 0 amide bonds. The van der Waals surface area contributed by atoms with Crippen LogP contribution in [0.15, 0.2) is 53.7 Å². The van der Waals surface area contributed by atoms with Gasteiger partial charge in [0, 0.05) is 28.1 Å². The minimum atomic E-state index is 0. The second-order valence-electron chi connectivity index (χ2n) is 3.10. The smallest absolute Gasteiger partial charge is 0.0406 e. The first-order valence-electron chi connectivity index (χ1n) is 4.62. The summed E-state index contributed by atoms with van der Waals surface area (Å²) in [5.74, 6) is 0.940. The highest BCUT2D eigenvalue weighted by Gasteiger charge is 1.96. The fourth-order valence-electron chi connectivity index (χ4n) is 1.18. The Morgan fingerprint density at radius 2 is 1.88 bits per heavy atom. The Labute approximate surface area is 111 Å². The number of thioether (sulfide) groups is 1. The van der Waals surface area contributed by atoms with E-state index in [1.165, 1.54) is 10.5 Å². The third kappa shape index (κ3) is 4.05. The molecule has 0 fully saturated rings. The third-order valence-electron chi connectivity index (χ3n) is 1.94. The first kappa shape index (κ1) is 13.4. The minimum absolute atomic E-state index is 0. The highest BCUT2D eigenvalue weighted by molar-refractivity contribution is 7.98. The Hall–Kier alpha value is -0.700. The first-order chi connectivity index (χ1) is 7.34. The van der Waals surface area contributed by atoms with Crippen molar-refractivity contribution in [3.8, 4) is 0 Å². The first-order valence-corrected chi connectivity index (χ1v) is 5.98. The minimum Gasteiger partial charge on any atom is -0.264 e. The quantitative estimate of drug-likeness (QED) is 0.766. The van der Waals surface area contributed by atoms with Crippen LogP contribution in [0.2, 0.25) is 5.02 Å². The Balaban J connectivity index is 0.00000128. The molecule has 0 aliphatic rings. The predicted octanol–water partition coefficient (Wildman–Crippen LogP) is 4.45. The lowest BCUT2D eigenvalue weighted by molar-refractivity contribution is 1.25. The number of benzene rings is 1. The van der Waals surface area contributed by atoms with E-state index >= 15 is 0 Å². The molecule has 1 aromatic heterocycles. The second kappa shape index (κ2) is 6.79. The van der Waals surface area contributed by atoms with Gasteiger partial charge >= 0.3 is 0 Å². The normalized spacial score (nSPS) is 9.56. The van der Waals surface area contributed by atoms with Crippen LogP contribution in [0.5, 0.6) is 0 Å². The van der Waals surface area contributed by atoms with E-state index in [-0.39, 0.29) is 12.4 Å². The van der Waals surface area contributed by atoms with Gasteiger partial charge in [-0.25, -0.2) is 0 Å². The lowest BCUT2D eigenvalue weighted by Crippen LogP contribution is -1.81. The molecule has 2 aromatic rings. The Morgan fingerprint density at radius 1 is 1.12 bits per heavy atom. The molecule has 0 atom stereocenters. The fraction of sp³-hybridized carbons (Fsp3) is 0.0833. The molecule has 0 saturated carbocycles. The largest absolute Gasteiger partial charge is 0.264 e. The number of nitrogens with zero attached hydrogens (tertiary/aromatic N) is 1. The molecule has 0 N–H and O–H groups in total.